The molecule has 0 aliphatic carbocycles. The van der Waals surface area contributed by atoms with Crippen molar-refractivity contribution in [3.05, 3.63) is 36.5 Å². The maximum absolute atomic E-state index is 5.61. The second-order valence-corrected chi connectivity index (χ2v) is 3.27. The normalized spacial score (nSPS) is 10.1. The van der Waals surface area contributed by atoms with Gasteiger partial charge in [0, 0.05) is 11.8 Å². The molecule has 0 spiro atoms. The molecule has 2 rings (SSSR count). The maximum atomic E-state index is 5.61. The lowest BCUT2D eigenvalue weighted by Crippen LogP contribution is -1.95. The third kappa shape index (κ3) is 2.28. The molecule has 0 fully saturated rings. The molecule has 2 aromatic rings. The van der Waals surface area contributed by atoms with Gasteiger partial charge in [0.05, 0.1) is 6.61 Å². The molecule has 0 bridgehead atoms. The van der Waals surface area contributed by atoms with Gasteiger partial charge in [-0.15, -0.1) is 0 Å². The minimum atomic E-state index is 0.465. The summed E-state index contributed by atoms with van der Waals surface area (Å²) < 4.78 is 5.41. The van der Waals surface area contributed by atoms with E-state index in [9.17, 15) is 0 Å². The highest BCUT2D eigenvalue weighted by Gasteiger charge is 2.02. The van der Waals surface area contributed by atoms with E-state index in [2.05, 4.69) is 9.97 Å². The van der Waals surface area contributed by atoms with E-state index in [0.29, 0.717) is 18.2 Å². The molecule has 82 valence electrons. The highest BCUT2D eigenvalue weighted by molar-refractivity contribution is 5.58. The van der Waals surface area contributed by atoms with Crippen molar-refractivity contribution in [1.29, 1.82) is 0 Å². The van der Waals surface area contributed by atoms with Gasteiger partial charge in [-0.3, -0.25) is 0 Å². The SMILES string of the molecule is CCOc1cccc(-c2nccc(N)n2)c1. The zero-order valence-corrected chi connectivity index (χ0v) is 9.05. The smallest absolute Gasteiger partial charge is 0.161 e. The van der Waals surface area contributed by atoms with Crippen molar-refractivity contribution in [3.8, 4) is 17.1 Å². The van der Waals surface area contributed by atoms with E-state index in [1.54, 1.807) is 12.3 Å². The fourth-order valence-electron chi connectivity index (χ4n) is 1.40. The Labute approximate surface area is 94.1 Å². The first-order valence-electron chi connectivity index (χ1n) is 5.11. The first kappa shape index (κ1) is 10.4. The van der Waals surface area contributed by atoms with Crippen LogP contribution in [-0.2, 0) is 0 Å². The molecular formula is C12H13N3O. The molecule has 1 aromatic heterocycles. The summed E-state index contributed by atoms with van der Waals surface area (Å²) in [5, 5.41) is 0. The van der Waals surface area contributed by atoms with E-state index in [1.165, 1.54) is 0 Å². The molecule has 0 atom stereocenters. The quantitative estimate of drug-likeness (QED) is 0.851. The van der Waals surface area contributed by atoms with Crippen LogP contribution in [0, 0.1) is 0 Å². The zero-order valence-electron chi connectivity index (χ0n) is 9.05. The zero-order chi connectivity index (χ0) is 11.4. The number of rotatable bonds is 3. The summed E-state index contributed by atoms with van der Waals surface area (Å²) in [6.45, 7) is 2.59. The van der Waals surface area contributed by atoms with Crippen LogP contribution in [0.1, 0.15) is 6.92 Å². The van der Waals surface area contributed by atoms with Crippen molar-refractivity contribution in [1.82, 2.24) is 9.97 Å². The van der Waals surface area contributed by atoms with Crippen molar-refractivity contribution < 1.29 is 4.74 Å². The fourth-order valence-corrected chi connectivity index (χ4v) is 1.40. The maximum Gasteiger partial charge on any atom is 0.161 e. The van der Waals surface area contributed by atoms with Gasteiger partial charge >= 0.3 is 0 Å². The van der Waals surface area contributed by atoms with E-state index in [1.807, 2.05) is 31.2 Å². The third-order valence-corrected chi connectivity index (χ3v) is 2.08. The molecule has 0 aliphatic rings. The average molecular weight is 215 g/mol. The number of benzene rings is 1. The molecule has 1 heterocycles. The number of nitrogen functional groups attached to an aromatic ring is 1. The minimum Gasteiger partial charge on any atom is -0.494 e. The Hall–Kier alpha value is -2.10. The number of nitrogens with two attached hydrogens (primary N) is 1. The van der Waals surface area contributed by atoms with Gasteiger partial charge in [0.2, 0.25) is 0 Å². The molecule has 16 heavy (non-hydrogen) atoms. The topological polar surface area (TPSA) is 61.0 Å². The third-order valence-electron chi connectivity index (χ3n) is 2.08. The highest BCUT2D eigenvalue weighted by Crippen LogP contribution is 2.21. The van der Waals surface area contributed by atoms with Crippen LogP contribution in [-0.4, -0.2) is 16.6 Å². The Morgan fingerprint density at radius 1 is 1.31 bits per heavy atom. The Morgan fingerprint density at radius 3 is 2.94 bits per heavy atom. The van der Waals surface area contributed by atoms with Crippen molar-refractivity contribution in [2.45, 2.75) is 6.92 Å². The minimum absolute atomic E-state index is 0.465. The number of aromatic nitrogens is 2. The summed E-state index contributed by atoms with van der Waals surface area (Å²) in [6, 6.07) is 9.30. The molecule has 0 aliphatic heterocycles. The molecule has 0 amide bonds. The molecule has 0 unspecified atom stereocenters. The summed E-state index contributed by atoms with van der Waals surface area (Å²) >= 11 is 0. The van der Waals surface area contributed by atoms with Gasteiger partial charge in [-0.1, -0.05) is 12.1 Å². The number of ether oxygens (including phenoxy) is 1. The van der Waals surface area contributed by atoms with Gasteiger partial charge in [0.1, 0.15) is 11.6 Å². The Morgan fingerprint density at radius 2 is 2.19 bits per heavy atom. The standard InChI is InChI=1S/C12H13N3O/c1-2-16-10-5-3-4-9(8-10)12-14-7-6-11(13)15-12/h3-8H,2H2,1H3,(H2,13,14,15). The van der Waals surface area contributed by atoms with E-state index in [0.717, 1.165) is 11.3 Å². The molecule has 4 nitrogen and oxygen atoms in total. The summed E-state index contributed by atoms with van der Waals surface area (Å²) in [7, 11) is 0. The lowest BCUT2D eigenvalue weighted by Gasteiger charge is -2.05. The second-order valence-electron chi connectivity index (χ2n) is 3.27. The van der Waals surface area contributed by atoms with E-state index in [4.69, 9.17) is 10.5 Å². The Balaban J connectivity index is 2.36. The van der Waals surface area contributed by atoms with Gasteiger partial charge in [-0.25, -0.2) is 9.97 Å². The van der Waals surface area contributed by atoms with Crippen LogP contribution in [0.4, 0.5) is 5.82 Å². The van der Waals surface area contributed by atoms with Gasteiger partial charge < -0.3 is 10.5 Å². The first-order valence-corrected chi connectivity index (χ1v) is 5.11. The van der Waals surface area contributed by atoms with Crippen LogP contribution in [0.3, 0.4) is 0 Å². The van der Waals surface area contributed by atoms with E-state index >= 15 is 0 Å². The highest BCUT2D eigenvalue weighted by atomic mass is 16.5. The first-order chi connectivity index (χ1) is 7.79. The Kier molecular flexibility index (Phi) is 3.00. The predicted octanol–water partition coefficient (Wildman–Crippen LogP) is 2.12. The summed E-state index contributed by atoms with van der Waals surface area (Å²) in [6.07, 6.45) is 1.64. The van der Waals surface area contributed by atoms with Gasteiger partial charge in [0.25, 0.3) is 0 Å². The van der Waals surface area contributed by atoms with Crippen molar-refractivity contribution in [2.75, 3.05) is 12.3 Å². The van der Waals surface area contributed by atoms with Gasteiger partial charge in [0.15, 0.2) is 5.82 Å². The summed E-state index contributed by atoms with van der Waals surface area (Å²) in [5.41, 5.74) is 6.51. The largest absolute Gasteiger partial charge is 0.494 e. The number of hydrogen-bond acceptors (Lipinski definition) is 4. The number of anilines is 1. The van der Waals surface area contributed by atoms with Crippen molar-refractivity contribution in [3.63, 3.8) is 0 Å². The lowest BCUT2D eigenvalue weighted by molar-refractivity contribution is 0.340. The fraction of sp³-hybridized carbons (Fsp3) is 0.167. The monoisotopic (exact) mass is 215 g/mol. The average Bonchev–Trinajstić information content (AvgIpc) is 2.30. The van der Waals surface area contributed by atoms with Crippen molar-refractivity contribution >= 4 is 5.82 Å². The van der Waals surface area contributed by atoms with E-state index < -0.39 is 0 Å². The van der Waals surface area contributed by atoms with Crippen LogP contribution in [0.25, 0.3) is 11.4 Å². The van der Waals surface area contributed by atoms with Crippen LogP contribution < -0.4 is 10.5 Å². The molecule has 0 radical (unpaired) electrons. The molecule has 1 aromatic carbocycles. The predicted molar refractivity (Wildman–Crippen MR) is 63.0 cm³/mol. The second kappa shape index (κ2) is 4.61. The van der Waals surface area contributed by atoms with Crippen LogP contribution in [0.15, 0.2) is 36.5 Å². The van der Waals surface area contributed by atoms with Crippen LogP contribution in [0.2, 0.25) is 0 Å². The molecule has 0 saturated carbocycles. The van der Waals surface area contributed by atoms with Gasteiger partial charge in [-0.05, 0) is 25.1 Å². The molecular weight excluding hydrogens is 202 g/mol. The van der Waals surface area contributed by atoms with Crippen molar-refractivity contribution in [2.24, 2.45) is 0 Å². The molecule has 4 heteroatoms. The number of nitrogens with zero attached hydrogens (tertiary/aromatic N) is 2. The molecule has 2 N–H and O–H groups in total. The lowest BCUT2D eigenvalue weighted by atomic mass is 10.2. The van der Waals surface area contributed by atoms with Crippen LogP contribution >= 0.6 is 0 Å². The number of hydrogen-bond donors (Lipinski definition) is 1. The van der Waals surface area contributed by atoms with Gasteiger partial charge in [-0.2, -0.15) is 0 Å². The van der Waals surface area contributed by atoms with E-state index in [-0.39, 0.29) is 0 Å². The Bertz CT molecular complexity index is 485. The molecule has 0 saturated heterocycles. The summed E-state index contributed by atoms with van der Waals surface area (Å²) in [4.78, 5) is 8.32. The van der Waals surface area contributed by atoms with Crippen LogP contribution in [0.5, 0.6) is 5.75 Å². The summed E-state index contributed by atoms with van der Waals surface area (Å²) in [5.74, 6) is 1.89.